The van der Waals surface area contributed by atoms with Crippen molar-refractivity contribution in [1.29, 1.82) is 0 Å². The van der Waals surface area contributed by atoms with Crippen LogP contribution in [0.3, 0.4) is 0 Å². The molecule has 0 aromatic heterocycles. The van der Waals surface area contributed by atoms with Crippen LogP contribution in [0.1, 0.15) is 38.7 Å². The molecule has 0 saturated carbocycles. The van der Waals surface area contributed by atoms with Gasteiger partial charge in [-0.05, 0) is 49.3 Å². The van der Waals surface area contributed by atoms with Gasteiger partial charge in [0.05, 0.1) is 12.6 Å². The molecule has 0 spiro atoms. The van der Waals surface area contributed by atoms with Gasteiger partial charge in [-0.2, -0.15) is 0 Å². The van der Waals surface area contributed by atoms with Crippen molar-refractivity contribution in [2.45, 2.75) is 63.7 Å². The van der Waals surface area contributed by atoms with Crippen molar-refractivity contribution < 1.29 is 34.5 Å². The second kappa shape index (κ2) is 12.3. The van der Waals surface area contributed by atoms with Crippen molar-refractivity contribution in [1.82, 2.24) is 15.5 Å². The van der Waals surface area contributed by atoms with Crippen LogP contribution in [0.25, 0.3) is 0 Å². The Labute approximate surface area is 198 Å². The second-order valence-electron chi connectivity index (χ2n) is 8.94. The molecule has 1 aromatic carbocycles. The number of amides is 3. The number of aromatic hydroxyl groups is 1. The van der Waals surface area contributed by atoms with Gasteiger partial charge >= 0.3 is 5.97 Å². The van der Waals surface area contributed by atoms with E-state index in [9.17, 15) is 34.5 Å². The molecule has 7 N–H and O–H groups in total. The van der Waals surface area contributed by atoms with E-state index in [4.69, 9.17) is 5.73 Å². The third-order valence-corrected chi connectivity index (χ3v) is 5.69. The number of nitrogens with zero attached hydrogens (tertiary/aromatic N) is 1. The molecular weight excluding hydrogens is 444 g/mol. The zero-order valence-corrected chi connectivity index (χ0v) is 19.4. The van der Waals surface area contributed by atoms with Crippen LogP contribution in [-0.4, -0.2) is 81.2 Å². The average Bonchev–Trinajstić information content (AvgIpc) is 3.28. The first-order valence-corrected chi connectivity index (χ1v) is 11.3. The van der Waals surface area contributed by atoms with Crippen molar-refractivity contribution in [2.75, 3.05) is 13.2 Å². The lowest BCUT2D eigenvalue weighted by Crippen LogP contribution is -2.58. The Morgan fingerprint density at radius 1 is 1.09 bits per heavy atom. The number of aliphatic carboxylic acids is 1. The maximum Gasteiger partial charge on any atom is 0.326 e. The lowest BCUT2D eigenvalue weighted by molar-refractivity contribution is -0.150. The minimum atomic E-state index is -1.33. The van der Waals surface area contributed by atoms with Gasteiger partial charge in [0, 0.05) is 6.54 Å². The maximum atomic E-state index is 12.9. The van der Waals surface area contributed by atoms with E-state index in [0.717, 1.165) is 10.5 Å². The van der Waals surface area contributed by atoms with E-state index in [2.05, 4.69) is 10.6 Å². The van der Waals surface area contributed by atoms with Crippen molar-refractivity contribution in [2.24, 2.45) is 11.7 Å². The lowest BCUT2D eigenvalue weighted by atomic mass is 10.0. The van der Waals surface area contributed by atoms with E-state index in [-0.39, 0.29) is 31.1 Å². The molecule has 1 aromatic rings. The molecule has 4 unspecified atom stereocenters. The summed E-state index contributed by atoms with van der Waals surface area (Å²) in [6, 6.07) is 1.96. The highest BCUT2D eigenvalue weighted by Crippen LogP contribution is 2.19. The number of aliphatic hydroxyl groups excluding tert-OH is 1. The number of rotatable bonds is 11. The zero-order valence-electron chi connectivity index (χ0n) is 19.4. The highest BCUT2D eigenvalue weighted by molar-refractivity contribution is 5.94. The number of carboxylic acids is 1. The molecule has 0 radical (unpaired) electrons. The van der Waals surface area contributed by atoms with Crippen LogP contribution < -0.4 is 16.4 Å². The fraction of sp³-hybridized carbons (Fsp3) is 0.565. The van der Waals surface area contributed by atoms with E-state index in [0.29, 0.717) is 12.8 Å². The SMILES string of the molecule is CC(C)CC(NC(=O)C(N)Cc1ccc(O)cc1)C(=O)NC(CO)C(=O)N1CCCC1C(=O)O. The zero-order chi connectivity index (χ0) is 25.4. The summed E-state index contributed by atoms with van der Waals surface area (Å²) in [6.45, 7) is 3.23. The van der Waals surface area contributed by atoms with E-state index < -0.39 is 54.5 Å². The first-order chi connectivity index (χ1) is 16.0. The normalized spacial score (nSPS) is 18.3. The lowest BCUT2D eigenvalue weighted by Gasteiger charge is -2.28. The van der Waals surface area contributed by atoms with Gasteiger partial charge in [-0.15, -0.1) is 0 Å². The monoisotopic (exact) mass is 478 g/mol. The van der Waals surface area contributed by atoms with Gasteiger partial charge in [-0.1, -0.05) is 26.0 Å². The number of carbonyl (C=O) groups is 4. The molecule has 1 aliphatic heterocycles. The molecule has 1 fully saturated rings. The molecule has 4 atom stereocenters. The second-order valence-corrected chi connectivity index (χ2v) is 8.94. The Balaban J connectivity index is 2.05. The van der Waals surface area contributed by atoms with Gasteiger partial charge in [0.2, 0.25) is 17.7 Å². The third kappa shape index (κ3) is 7.42. The Hall–Kier alpha value is -3.18. The fourth-order valence-electron chi connectivity index (χ4n) is 3.91. The summed E-state index contributed by atoms with van der Waals surface area (Å²) < 4.78 is 0. The van der Waals surface area contributed by atoms with Crippen LogP contribution in [0.2, 0.25) is 0 Å². The largest absolute Gasteiger partial charge is 0.508 e. The van der Waals surface area contributed by atoms with Gasteiger partial charge in [0.25, 0.3) is 0 Å². The molecule has 11 heteroatoms. The number of carboxylic acid groups (broad SMARTS) is 1. The van der Waals surface area contributed by atoms with Crippen LogP contribution in [0.15, 0.2) is 24.3 Å². The number of hydrogen-bond donors (Lipinski definition) is 6. The number of aliphatic hydroxyl groups is 1. The number of nitrogens with two attached hydrogens (primary N) is 1. The predicted molar refractivity (Wildman–Crippen MR) is 123 cm³/mol. The van der Waals surface area contributed by atoms with Crippen molar-refractivity contribution in [3.63, 3.8) is 0 Å². The van der Waals surface area contributed by atoms with Crippen molar-refractivity contribution >= 4 is 23.7 Å². The van der Waals surface area contributed by atoms with E-state index >= 15 is 0 Å². The maximum absolute atomic E-state index is 12.9. The molecule has 1 heterocycles. The first-order valence-electron chi connectivity index (χ1n) is 11.3. The van der Waals surface area contributed by atoms with Crippen LogP contribution in [0, 0.1) is 5.92 Å². The Bertz CT molecular complexity index is 875. The van der Waals surface area contributed by atoms with E-state index in [1.807, 2.05) is 13.8 Å². The molecule has 2 rings (SSSR count). The van der Waals surface area contributed by atoms with Crippen LogP contribution >= 0.6 is 0 Å². The van der Waals surface area contributed by atoms with Crippen LogP contribution in [0.4, 0.5) is 0 Å². The average molecular weight is 479 g/mol. The highest BCUT2D eigenvalue weighted by atomic mass is 16.4. The fourth-order valence-corrected chi connectivity index (χ4v) is 3.91. The number of carbonyl (C=O) groups excluding carboxylic acids is 3. The number of nitrogens with one attached hydrogen (secondary N) is 2. The van der Waals surface area contributed by atoms with Crippen molar-refractivity contribution in [3.05, 3.63) is 29.8 Å². The Kier molecular flexibility index (Phi) is 9.82. The van der Waals surface area contributed by atoms with Crippen LogP contribution in [0.5, 0.6) is 5.75 Å². The minimum absolute atomic E-state index is 0.0163. The van der Waals surface area contributed by atoms with Gasteiger partial charge in [-0.25, -0.2) is 4.79 Å². The summed E-state index contributed by atoms with van der Waals surface area (Å²) in [7, 11) is 0. The summed E-state index contributed by atoms with van der Waals surface area (Å²) in [5, 5.41) is 33.5. The summed E-state index contributed by atoms with van der Waals surface area (Å²) in [4.78, 5) is 50.9. The Morgan fingerprint density at radius 2 is 1.71 bits per heavy atom. The van der Waals surface area contributed by atoms with Crippen LogP contribution in [-0.2, 0) is 25.6 Å². The molecule has 11 nitrogen and oxygen atoms in total. The van der Waals surface area contributed by atoms with E-state index in [1.165, 1.54) is 12.1 Å². The molecule has 34 heavy (non-hydrogen) atoms. The topological polar surface area (TPSA) is 182 Å². The third-order valence-electron chi connectivity index (χ3n) is 5.69. The number of likely N-dealkylation sites (tertiary alicyclic amines) is 1. The number of benzene rings is 1. The summed E-state index contributed by atoms with van der Waals surface area (Å²) in [6.07, 6.45) is 1.26. The quantitative estimate of drug-likeness (QED) is 0.242. The van der Waals surface area contributed by atoms with Crippen molar-refractivity contribution in [3.8, 4) is 5.75 Å². The van der Waals surface area contributed by atoms with Gasteiger partial charge in [-0.3, -0.25) is 14.4 Å². The summed E-state index contributed by atoms with van der Waals surface area (Å²) >= 11 is 0. The number of phenolic OH excluding ortho intramolecular Hbond substituents is 1. The number of phenols is 1. The smallest absolute Gasteiger partial charge is 0.326 e. The predicted octanol–water partition coefficient (Wildman–Crippen LogP) is -0.654. The first kappa shape index (κ1) is 27.1. The minimum Gasteiger partial charge on any atom is -0.508 e. The standard InChI is InChI=1S/C23H34N4O7/c1-13(2)10-17(25-20(30)16(24)11-14-5-7-15(29)8-6-14)21(31)26-18(12-28)22(32)27-9-3-4-19(27)23(33)34/h5-8,13,16-19,28-29H,3-4,9-12,24H2,1-2H3,(H,25,30)(H,26,31)(H,33,34). The molecule has 3 amide bonds. The van der Waals surface area contributed by atoms with Gasteiger partial charge < -0.3 is 36.6 Å². The molecule has 0 bridgehead atoms. The molecule has 188 valence electrons. The Morgan fingerprint density at radius 3 is 2.26 bits per heavy atom. The number of hydrogen-bond acceptors (Lipinski definition) is 7. The van der Waals surface area contributed by atoms with Gasteiger partial charge in [0.15, 0.2) is 0 Å². The molecule has 1 saturated heterocycles. The summed E-state index contributed by atoms with van der Waals surface area (Å²) in [5.41, 5.74) is 6.74. The van der Waals surface area contributed by atoms with Gasteiger partial charge in [0.1, 0.15) is 23.9 Å². The summed E-state index contributed by atoms with van der Waals surface area (Å²) in [5.74, 6) is -2.95. The molecule has 0 aliphatic carbocycles. The highest BCUT2D eigenvalue weighted by Gasteiger charge is 2.38. The van der Waals surface area contributed by atoms with E-state index in [1.54, 1.807) is 12.1 Å². The molecule has 1 aliphatic rings. The molecular formula is C23H34N4O7.